The minimum Gasteiger partial charge on any atom is -0.480 e. The average Bonchev–Trinajstić information content (AvgIpc) is 2.88. The Morgan fingerprint density at radius 3 is 2.80 bits per heavy atom. The number of carboxylic acids is 1. The Balaban J connectivity index is 1.91. The van der Waals surface area contributed by atoms with Crippen LogP contribution in [0.1, 0.15) is 25.1 Å². The zero-order valence-electron chi connectivity index (χ0n) is 11.4. The van der Waals surface area contributed by atoms with Crippen molar-refractivity contribution in [2.75, 3.05) is 19.7 Å². The Kier molecular flexibility index (Phi) is 3.38. The van der Waals surface area contributed by atoms with Crippen molar-refractivity contribution in [2.24, 2.45) is 12.5 Å². The number of nitrogens with zero attached hydrogens (tertiary/aromatic N) is 2. The molecule has 1 aromatic heterocycles. The van der Waals surface area contributed by atoms with Crippen molar-refractivity contribution in [1.82, 2.24) is 14.9 Å². The molecule has 1 spiro atoms. The number of hydrogen-bond acceptors (Lipinski definition) is 4. The van der Waals surface area contributed by atoms with Crippen LogP contribution in [0.2, 0.25) is 0 Å². The monoisotopic (exact) mass is 343 g/mol. The zero-order valence-corrected chi connectivity index (χ0v) is 12.9. The van der Waals surface area contributed by atoms with Crippen LogP contribution in [0, 0.1) is 5.41 Å². The van der Waals surface area contributed by atoms with Crippen molar-refractivity contribution in [3.8, 4) is 0 Å². The molecule has 7 heteroatoms. The summed E-state index contributed by atoms with van der Waals surface area (Å²) >= 11 is 3.38. The van der Waals surface area contributed by atoms with Crippen LogP contribution in [0.3, 0.4) is 0 Å². The highest BCUT2D eigenvalue weighted by Crippen LogP contribution is 2.53. The normalized spacial score (nSPS) is 27.7. The van der Waals surface area contributed by atoms with E-state index in [2.05, 4.69) is 26.2 Å². The Bertz CT molecular complexity index is 541. The number of halogens is 1. The fourth-order valence-electron chi connectivity index (χ4n) is 3.46. The lowest BCUT2D eigenvalue weighted by Crippen LogP contribution is -2.52. The molecule has 2 aliphatic rings. The highest BCUT2D eigenvalue weighted by atomic mass is 79.9. The van der Waals surface area contributed by atoms with E-state index in [9.17, 15) is 4.79 Å². The molecule has 1 saturated heterocycles. The molecule has 2 fully saturated rings. The fourth-order valence-corrected chi connectivity index (χ4v) is 3.94. The first-order valence-corrected chi connectivity index (χ1v) is 7.50. The van der Waals surface area contributed by atoms with E-state index < -0.39 is 11.6 Å². The van der Waals surface area contributed by atoms with Crippen LogP contribution in [0.15, 0.2) is 10.8 Å². The molecule has 0 amide bonds. The maximum atomic E-state index is 10.9. The van der Waals surface area contributed by atoms with E-state index in [0.29, 0.717) is 0 Å². The number of aromatic nitrogens is 2. The number of ether oxygens (including phenoxy) is 1. The molecule has 0 bridgehead atoms. The molecule has 2 N–H and O–H groups in total. The van der Waals surface area contributed by atoms with Crippen LogP contribution in [-0.4, -0.2) is 40.3 Å². The summed E-state index contributed by atoms with van der Waals surface area (Å²) in [6.07, 6.45) is 4.58. The average molecular weight is 344 g/mol. The molecule has 1 aromatic rings. The second-order valence-electron chi connectivity index (χ2n) is 5.96. The Morgan fingerprint density at radius 1 is 1.60 bits per heavy atom. The summed E-state index contributed by atoms with van der Waals surface area (Å²) in [6.45, 7) is 1.68. The van der Waals surface area contributed by atoms with Gasteiger partial charge in [0.05, 0.1) is 0 Å². The standard InChI is InChI=1S/C13H18BrN3O3/c1-17-4-9(14)16-11(17)13(20-5-10(18)19)3-2-12(6-13)7-15-8-12/h4,15H,2-3,5-8H2,1H3,(H,18,19). The lowest BCUT2D eigenvalue weighted by molar-refractivity contribution is -0.152. The molecule has 1 aliphatic carbocycles. The molecule has 20 heavy (non-hydrogen) atoms. The number of imidazole rings is 1. The van der Waals surface area contributed by atoms with Crippen molar-refractivity contribution < 1.29 is 14.6 Å². The second kappa shape index (κ2) is 4.82. The predicted octanol–water partition coefficient (Wildman–Crippen LogP) is 1.25. The number of aliphatic carboxylic acids is 1. The summed E-state index contributed by atoms with van der Waals surface area (Å²) in [5, 5.41) is 12.2. The van der Waals surface area contributed by atoms with E-state index in [1.165, 1.54) is 0 Å². The van der Waals surface area contributed by atoms with Gasteiger partial charge in [-0.05, 0) is 40.6 Å². The van der Waals surface area contributed by atoms with Crippen LogP contribution < -0.4 is 5.32 Å². The first-order valence-electron chi connectivity index (χ1n) is 6.71. The van der Waals surface area contributed by atoms with Gasteiger partial charge < -0.3 is 19.7 Å². The van der Waals surface area contributed by atoms with Crippen molar-refractivity contribution in [3.05, 3.63) is 16.6 Å². The van der Waals surface area contributed by atoms with Gasteiger partial charge in [0.25, 0.3) is 0 Å². The van der Waals surface area contributed by atoms with Crippen molar-refractivity contribution >= 4 is 21.9 Å². The van der Waals surface area contributed by atoms with Crippen LogP contribution in [0.25, 0.3) is 0 Å². The topological polar surface area (TPSA) is 76.4 Å². The molecule has 6 nitrogen and oxygen atoms in total. The zero-order chi connectivity index (χ0) is 14.4. The van der Waals surface area contributed by atoms with E-state index in [0.717, 1.165) is 42.8 Å². The first-order chi connectivity index (χ1) is 9.45. The summed E-state index contributed by atoms with van der Waals surface area (Å²) in [6, 6.07) is 0. The summed E-state index contributed by atoms with van der Waals surface area (Å²) in [5.41, 5.74) is -0.335. The minimum absolute atomic E-state index is 0.247. The predicted molar refractivity (Wildman–Crippen MR) is 75.3 cm³/mol. The molecule has 2 heterocycles. The van der Waals surface area contributed by atoms with Crippen molar-refractivity contribution in [3.63, 3.8) is 0 Å². The van der Waals surface area contributed by atoms with E-state index in [1.807, 2.05) is 17.8 Å². The number of carbonyl (C=O) groups is 1. The van der Waals surface area contributed by atoms with Crippen LogP contribution >= 0.6 is 15.9 Å². The SMILES string of the molecule is Cn1cc(Br)nc1C1(OCC(=O)O)CCC2(CNC2)C1. The summed E-state index contributed by atoms with van der Waals surface area (Å²) in [5.74, 6) is -0.125. The van der Waals surface area contributed by atoms with Crippen LogP contribution in [-0.2, 0) is 22.2 Å². The molecule has 1 unspecified atom stereocenters. The molecule has 110 valence electrons. The molecule has 1 atom stereocenters. The highest BCUT2D eigenvalue weighted by molar-refractivity contribution is 9.10. The summed E-state index contributed by atoms with van der Waals surface area (Å²) < 4.78 is 8.51. The van der Waals surface area contributed by atoms with Gasteiger partial charge in [0, 0.05) is 26.3 Å². The molecule has 1 aliphatic heterocycles. The third kappa shape index (κ3) is 2.27. The number of hydrogen-bond donors (Lipinski definition) is 2. The molecule has 1 saturated carbocycles. The van der Waals surface area contributed by atoms with Crippen molar-refractivity contribution in [1.29, 1.82) is 0 Å². The smallest absolute Gasteiger partial charge is 0.329 e. The number of carboxylic acid groups (broad SMARTS) is 1. The van der Waals surface area contributed by atoms with Gasteiger partial charge in [-0.2, -0.15) is 0 Å². The lowest BCUT2D eigenvalue weighted by atomic mass is 9.78. The van der Waals surface area contributed by atoms with Gasteiger partial charge in [0.2, 0.25) is 0 Å². The van der Waals surface area contributed by atoms with Gasteiger partial charge >= 0.3 is 5.97 Å². The van der Waals surface area contributed by atoms with Crippen molar-refractivity contribution in [2.45, 2.75) is 24.9 Å². The van der Waals surface area contributed by atoms with E-state index in [-0.39, 0.29) is 12.0 Å². The summed E-state index contributed by atoms with van der Waals surface area (Å²) in [7, 11) is 1.92. The number of nitrogens with one attached hydrogen (secondary N) is 1. The Labute approximate surface area is 125 Å². The van der Waals surface area contributed by atoms with Crippen LogP contribution in [0.5, 0.6) is 0 Å². The lowest BCUT2D eigenvalue weighted by Gasteiger charge is -2.41. The summed E-state index contributed by atoms with van der Waals surface area (Å²) in [4.78, 5) is 15.4. The van der Waals surface area contributed by atoms with Gasteiger partial charge in [-0.15, -0.1) is 0 Å². The number of rotatable bonds is 4. The van der Waals surface area contributed by atoms with Gasteiger partial charge in [-0.25, -0.2) is 9.78 Å². The quantitative estimate of drug-likeness (QED) is 0.860. The first kappa shape index (κ1) is 14.0. The maximum Gasteiger partial charge on any atom is 0.329 e. The van der Waals surface area contributed by atoms with Gasteiger partial charge in [0.15, 0.2) is 0 Å². The van der Waals surface area contributed by atoms with Gasteiger partial charge in [0.1, 0.15) is 22.6 Å². The molecule has 0 aromatic carbocycles. The molecule has 3 rings (SSSR count). The third-order valence-corrected chi connectivity index (χ3v) is 4.83. The van der Waals surface area contributed by atoms with Gasteiger partial charge in [-0.3, -0.25) is 0 Å². The van der Waals surface area contributed by atoms with Gasteiger partial charge in [-0.1, -0.05) is 0 Å². The fraction of sp³-hybridized carbons (Fsp3) is 0.692. The van der Waals surface area contributed by atoms with E-state index in [4.69, 9.17) is 9.84 Å². The Morgan fingerprint density at radius 2 is 2.35 bits per heavy atom. The minimum atomic E-state index is -0.940. The largest absolute Gasteiger partial charge is 0.480 e. The van der Waals surface area contributed by atoms with E-state index >= 15 is 0 Å². The number of aryl methyl sites for hydroxylation is 1. The molecular weight excluding hydrogens is 326 g/mol. The van der Waals surface area contributed by atoms with Crippen LogP contribution in [0.4, 0.5) is 0 Å². The molecule has 0 radical (unpaired) electrons. The van der Waals surface area contributed by atoms with E-state index in [1.54, 1.807) is 0 Å². The molecular formula is C13H18BrN3O3. The maximum absolute atomic E-state index is 10.9. The third-order valence-electron chi connectivity index (χ3n) is 4.45. The highest BCUT2D eigenvalue weighted by Gasteiger charge is 2.54. The Hall–Kier alpha value is -0.920. The second-order valence-corrected chi connectivity index (χ2v) is 6.77.